The molecule has 0 radical (unpaired) electrons. The monoisotopic (exact) mass is 376 g/mol. The van der Waals surface area contributed by atoms with Gasteiger partial charge in [0.25, 0.3) is 5.91 Å². The van der Waals surface area contributed by atoms with Crippen molar-refractivity contribution in [1.29, 1.82) is 0 Å². The molecule has 1 heterocycles. The van der Waals surface area contributed by atoms with E-state index in [9.17, 15) is 19.2 Å². The van der Waals surface area contributed by atoms with Crippen molar-refractivity contribution in [3.8, 4) is 0 Å². The van der Waals surface area contributed by atoms with Gasteiger partial charge < -0.3 is 26.0 Å². The third-order valence-electron chi connectivity index (χ3n) is 4.51. The van der Waals surface area contributed by atoms with Gasteiger partial charge in [0, 0.05) is 37.3 Å². The minimum absolute atomic E-state index is 0.184. The number of nitrogens with zero attached hydrogens (tertiary/aromatic N) is 2. The molecular formula is C18H24N4O5. The zero-order valence-corrected chi connectivity index (χ0v) is 15.2. The Hall–Kier alpha value is -3.10. The minimum Gasteiger partial charge on any atom is -0.480 e. The molecule has 27 heavy (non-hydrogen) atoms. The quantitative estimate of drug-likeness (QED) is 0.708. The SMILES string of the molecule is CC(=O)N(CC(=O)O)C1CCCN(C(=O)c2cccc(NC(N)=O)c2)CC1. The van der Waals surface area contributed by atoms with Gasteiger partial charge in [-0.15, -0.1) is 0 Å². The van der Waals surface area contributed by atoms with Crippen molar-refractivity contribution in [2.75, 3.05) is 25.0 Å². The number of rotatable bonds is 5. The predicted molar refractivity (Wildman–Crippen MR) is 98.2 cm³/mol. The van der Waals surface area contributed by atoms with E-state index in [0.717, 1.165) is 0 Å². The molecule has 1 aliphatic heterocycles. The van der Waals surface area contributed by atoms with Crippen LogP contribution in [0.25, 0.3) is 0 Å². The summed E-state index contributed by atoms with van der Waals surface area (Å²) in [5, 5.41) is 11.5. The molecule has 1 aliphatic rings. The lowest BCUT2D eigenvalue weighted by atomic mass is 10.1. The number of carboxylic acids is 1. The number of benzene rings is 1. The molecule has 0 aliphatic carbocycles. The number of anilines is 1. The summed E-state index contributed by atoms with van der Waals surface area (Å²) in [5.41, 5.74) is 5.96. The number of amides is 4. The summed E-state index contributed by atoms with van der Waals surface area (Å²) in [6, 6.07) is 5.59. The van der Waals surface area contributed by atoms with Gasteiger partial charge in [0.15, 0.2) is 0 Å². The second-order valence-corrected chi connectivity index (χ2v) is 6.49. The van der Waals surface area contributed by atoms with Gasteiger partial charge in [0.05, 0.1) is 0 Å². The van der Waals surface area contributed by atoms with E-state index in [-0.39, 0.29) is 24.4 Å². The second-order valence-electron chi connectivity index (χ2n) is 6.49. The fourth-order valence-electron chi connectivity index (χ4n) is 3.29. The first-order chi connectivity index (χ1) is 12.8. The van der Waals surface area contributed by atoms with Crippen molar-refractivity contribution < 1.29 is 24.3 Å². The molecule has 1 fully saturated rings. The second kappa shape index (κ2) is 9.02. The first-order valence-corrected chi connectivity index (χ1v) is 8.72. The van der Waals surface area contributed by atoms with E-state index in [2.05, 4.69) is 5.32 Å². The van der Waals surface area contributed by atoms with Gasteiger partial charge in [-0.3, -0.25) is 14.4 Å². The maximum Gasteiger partial charge on any atom is 0.323 e. The van der Waals surface area contributed by atoms with Gasteiger partial charge in [-0.25, -0.2) is 4.79 Å². The number of carbonyl (C=O) groups is 4. The molecule has 0 saturated carbocycles. The predicted octanol–water partition coefficient (Wildman–Crippen LogP) is 1.11. The van der Waals surface area contributed by atoms with Crippen LogP contribution in [0.4, 0.5) is 10.5 Å². The summed E-state index contributed by atoms with van der Waals surface area (Å²) in [7, 11) is 0. The average Bonchev–Trinajstić information content (AvgIpc) is 2.84. The Morgan fingerprint density at radius 3 is 2.63 bits per heavy atom. The number of hydrogen-bond acceptors (Lipinski definition) is 4. The number of nitrogens with two attached hydrogens (primary N) is 1. The zero-order chi connectivity index (χ0) is 20.0. The molecule has 9 heteroatoms. The maximum absolute atomic E-state index is 12.8. The molecule has 1 unspecified atom stereocenters. The van der Waals surface area contributed by atoms with Crippen LogP contribution >= 0.6 is 0 Å². The molecule has 9 nitrogen and oxygen atoms in total. The highest BCUT2D eigenvalue weighted by Gasteiger charge is 2.28. The number of carboxylic acid groups (broad SMARTS) is 1. The summed E-state index contributed by atoms with van der Waals surface area (Å²) in [4.78, 5) is 49.6. The number of urea groups is 1. The van der Waals surface area contributed by atoms with Crippen LogP contribution in [0, 0.1) is 0 Å². The van der Waals surface area contributed by atoms with Crippen molar-refractivity contribution in [2.45, 2.75) is 32.2 Å². The Bertz CT molecular complexity index is 736. The van der Waals surface area contributed by atoms with Gasteiger partial charge in [-0.2, -0.15) is 0 Å². The highest BCUT2D eigenvalue weighted by Crippen LogP contribution is 2.20. The first kappa shape index (κ1) is 20.2. The van der Waals surface area contributed by atoms with Crippen LogP contribution in [-0.4, -0.2) is 64.4 Å². The van der Waals surface area contributed by atoms with Crippen molar-refractivity contribution in [3.63, 3.8) is 0 Å². The summed E-state index contributed by atoms with van der Waals surface area (Å²) in [6.07, 6.45) is 1.82. The van der Waals surface area contributed by atoms with Crippen molar-refractivity contribution >= 4 is 29.5 Å². The lowest BCUT2D eigenvalue weighted by Crippen LogP contribution is -2.43. The van der Waals surface area contributed by atoms with Crippen LogP contribution in [0.3, 0.4) is 0 Å². The number of aliphatic carboxylic acids is 1. The molecule has 2 rings (SSSR count). The van der Waals surface area contributed by atoms with Crippen LogP contribution in [0.15, 0.2) is 24.3 Å². The Morgan fingerprint density at radius 2 is 2.00 bits per heavy atom. The smallest absolute Gasteiger partial charge is 0.323 e. The molecule has 146 valence electrons. The van der Waals surface area contributed by atoms with E-state index < -0.39 is 12.0 Å². The van der Waals surface area contributed by atoms with Crippen LogP contribution in [0.2, 0.25) is 0 Å². The van der Waals surface area contributed by atoms with Gasteiger partial charge in [-0.1, -0.05) is 6.07 Å². The van der Waals surface area contributed by atoms with Crippen molar-refractivity contribution in [2.24, 2.45) is 5.73 Å². The molecule has 4 N–H and O–H groups in total. The van der Waals surface area contributed by atoms with Crippen molar-refractivity contribution in [3.05, 3.63) is 29.8 Å². The Kier molecular flexibility index (Phi) is 6.75. The van der Waals surface area contributed by atoms with Gasteiger partial charge in [-0.05, 0) is 37.5 Å². The molecule has 1 saturated heterocycles. The zero-order valence-electron chi connectivity index (χ0n) is 15.2. The topological polar surface area (TPSA) is 133 Å². The highest BCUT2D eigenvalue weighted by atomic mass is 16.4. The van der Waals surface area contributed by atoms with Gasteiger partial charge in [0.2, 0.25) is 5.91 Å². The van der Waals surface area contributed by atoms with E-state index in [0.29, 0.717) is 43.6 Å². The number of hydrogen-bond donors (Lipinski definition) is 3. The Labute approximate surface area is 157 Å². The number of likely N-dealkylation sites (tertiary alicyclic amines) is 1. The molecule has 0 spiro atoms. The molecule has 1 aromatic carbocycles. The van der Waals surface area contributed by atoms with Gasteiger partial charge >= 0.3 is 12.0 Å². The average molecular weight is 376 g/mol. The lowest BCUT2D eigenvalue weighted by molar-refractivity contribution is -0.145. The van der Waals surface area contributed by atoms with E-state index >= 15 is 0 Å². The van der Waals surface area contributed by atoms with E-state index in [4.69, 9.17) is 10.8 Å². The largest absolute Gasteiger partial charge is 0.480 e. The lowest BCUT2D eigenvalue weighted by Gasteiger charge is -2.28. The number of carbonyl (C=O) groups excluding carboxylic acids is 3. The summed E-state index contributed by atoms with van der Waals surface area (Å²) < 4.78 is 0. The van der Waals surface area contributed by atoms with Crippen molar-refractivity contribution in [1.82, 2.24) is 9.80 Å². The number of nitrogens with one attached hydrogen (secondary N) is 1. The first-order valence-electron chi connectivity index (χ1n) is 8.72. The van der Waals surface area contributed by atoms with E-state index in [1.165, 1.54) is 11.8 Å². The van der Waals surface area contributed by atoms with Crippen LogP contribution in [0.5, 0.6) is 0 Å². The molecule has 0 aromatic heterocycles. The van der Waals surface area contributed by atoms with Crippen LogP contribution < -0.4 is 11.1 Å². The molecule has 0 bridgehead atoms. The molecule has 4 amide bonds. The summed E-state index contributed by atoms with van der Waals surface area (Å²) in [6.45, 7) is 1.95. The van der Waals surface area contributed by atoms with Crippen LogP contribution in [0.1, 0.15) is 36.5 Å². The summed E-state index contributed by atoms with van der Waals surface area (Å²) in [5.74, 6) is -1.52. The maximum atomic E-state index is 12.8. The number of primary amides is 1. The molecular weight excluding hydrogens is 352 g/mol. The van der Waals surface area contributed by atoms with Crippen LogP contribution in [-0.2, 0) is 9.59 Å². The normalized spacial score (nSPS) is 16.9. The third-order valence-corrected chi connectivity index (χ3v) is 4.51. The minimum atomic E-state index is -1.05. The molecule has 1 aromatic rings. The standard InChI is InChI=1S/C18H24N4O5/c1-12(23)22(11-16(24)25)15-6-3-8-21(9-7-15)17(26)13-4-2-5-14(10-13)20-18(19)27/h2,4-5,10,15H,3,6-9,11H2,1H3,(H,24,25)(H3,19,20,27). The Morgan fingerprint density at radius 1 is 1.26 bits per heavy atom. The van der Waals surface area contributed by atoms with E-state index in [1.807, 2.05) is 0 Å². The molecule has 1 atom stereocenters. The highest BCUT2D eigenvalue weighted by molar-refractivity contribution is 5.96. The fraction of sp³-hybridized carbons (Fsp3) is 0.444. The van der Waals surface area contributed by atoms with Gasteiger partial charge in [0.1, 0.15) is 6.54 Å². The summed E-state index contributed by atoms with van der Waals surface area (Å²) >= 11 is 0. The Balaban J connectivity index is 2.06. The van der Waals surface area contributed by atoms with E-state index in [1.54, 1.807) is 29.2 Å². The third kappa shape index (κ3) is 5.70. The fourth-order valence-corrected chi connectivity index (χ4v) is 3.29.